The number of amides is 1. The van der Waals surface area contributed by atoms with Crippen LogP contribution in [0.3, 0.4) is 0 Å². The summed E-state index contributed by atoms with van der Waals surface area (Å²) in [5.41, 5.74) is 2.15. The minimum atomic E-state index is -0.254. The van der Waals surface area contributed by atoms with Gasteiger partial charge in [-0.1, -0.05) is 30.3 Å². The molecule has 0 fully saturated rings. The second-order valence-corrected chi connectivity index (χ2v) is 6.85. The third kappa shape index (κ3) is 5.46. The Morgan fingerprint density at radius 3 is 2.34 bits per heavy atom. The van der Waals surface area contributed by atoms with E-state index in [4.69, 9.17) is 9.47 Å². The molecule has 0 bridgehead atoms. The third-order valence-corrected chi connectivity index (χ3v) is 4.56. The Labute approximate surface area is 186 Å². The highest BCUT2D eigenvalue weighted by Crippen LogP contribution is 2.23. The molecule has 7 heteroatoms. The smallest absolute Gasteiger partial charge is 0.254 e. The van der Waals surface area contributed by atoms with E-state index in [1.54, 1.807) is 12.3 Å². The van der Waals surface area contributed by atoms with E-state index >= 15 is 0 Å². The Balaban J connectivity index is 1.35. The van der Waals surface area contributed by atoms with Crippen LogP contribution in [0.4, 0.5) is 0 Å². The topological polar surface area (TPSA) is 86.2 Å². The first-order valence-corrected chi connectivity index (χ1v) is 10.2. The van der Waals surface area contributed by atoms with E-state index in [0.717, 1.165) is 16.9 Å². The molecule has 32 heavy (non-hydrogen) atoms. The second kappa shape index (κ2) is 10.2. The van der Waals surface area contributed by atoms with E-state index < -0.39 is 0 Å². The molecule has 2 heterocycles. The predicted molar refractivity (Wildman–Crippen MR) is 121 cm³/mol. The number of aromatic nitrogens is 3. The molecule has 1 N–H and O–H groups in total. The van der Waals surface area contributed by atoms with E-state index in [0.29, 0.717) is 36.2 Å². The molecule has 0 unspecified atom stereocenters. The maximum Gasteiger partial charge on any atom is 0.254 e. The summed E-state index contributed by atoms with van der Waals surface area (Å²) in [4.78, 5) is 25.3. The van der Waals surface area contributed by atoms with Crippen LogP contribution in [0.25, 0.3) is 11.4 Å². The number of nitrogens with one attached hydrogen (secondary N) is 1. The van der Waals surface area contributed by atoms with Crippen LogP contribution < -0.4 is 14.8 Å². The first-order chi connectivity index (χ1) is 15.7. The Bertz CT molecular complexity index is 1160. The average Bonchev–Trinajstić information content (AvgIpc) is 2.85. The third-order valence-electron chi connectivity index (χ3n) is 4.56. The van der Waals surface area contributed by atoms with Crippen LogP contribution in [0.5, 0.6) is 17.4 Å². The lowest BCUT2D eigenvalue weighted by Gasteiger charge is -2.09. The van der Waals surface area contributed by atoms with Gasteiger partial charge in [-0.2, -0.15) is 0 Å². The van der Waals surface area contributed by atoms with E-state index in [1.807, 2.05) is 67.6 Å². The molecule has 0 radical (unpaired) electrons. The van der Waals surface area contributed by atoms with Crippen molar-refractivity contribution in [2.75, 3.05) is 6.61 Å². The van der Waals surface area contributed by atoms with Crippen LogP contribution in [-0.4, -0.2) is 27.5 Å². The van der Waals surface area contributed by atoms with Crippen LogP contribution in [0.1, 0.15) is 22.8 Å². The Hall–Kier alpha value is -4.26. The number of pyridine rings is 1. The molecule has 2 aromatic heterocycles. The maximum absolute atomic E-state index is 12.5. The fraction of sp³-hybridized carbons (Fsp3) is 0.120. The van der Waals surface area contributed by atoms with Gasteiger partial charge in [0, 0.05) is 36.8 Å². The van der Waals surface area contributed by atoms with Crippen molar-refractivity contribution in [3.63, 3.8) is 0 Å². The van der Waals surface area contributed by atoms with Crippen molar-refractivity contribution in [1.29, 1.82) is 0 Å². The number of rotatable bonds is 8. The molecular formula is C25H22N4O3. The molecule has 0 aliphatic rings. The molecular weight excluding hydrogens is 404 g/mol. The number of nitrogens with zero attached hydrogens (tertiary/aromatic N) is 3. The van der Waals surface area contributed by atoms with E-state index in [9.17, 15) is 4.79 Å². The van der Waals surface area contributed by atoms with Gasteiger partial charge >= 0.3 is 0 Å². The van der Waals surface area contributed by atoms with Gasteiger partial charge in [0.05, 0.1) is 12.2 Å². The molecule has 7 nitrogen and oxygen atoms in total. The van der Waals surface area contributed by atoms with Gasteiger partial charge in [0.15, 0.2) is 5.82 Å². The van der Waals surface area contributed by atoms with Crippen LogP contribution in [-0.2, 0) is 6.54 Å². The maximum atomic E-state index is 12.5. The SMILES string of the molecule is CCOc1ccc(Oc2cc(CNC(=O)c3cnc(-c4ccccc4)nc3)ccn2)cc1. The normalized spacial score (nSPS) is 10.4. The van der Waals surface area contributed by atoms with Crippen molar-refractivity contribution in [1.82, 2.24) is 20.3 Å². The van der Waals surface area contributed by atoms with Gasteiger partial charge < -0.3 is 14.8 Å². The summed E-state index contributed by atoms with van der Waals surface area (Å²) in [6.45, 7) is 2.87. The lowest BCUT2D eigenvalue weighted by atomic mass is 10.2. The number of hydrogen-bond acceptors (Lipinski definition) is 6. The molecule has 0 saturated heterocycles. The summed E-state index contributed by atoms with van der Waals surface area (Å²) in [5, 5.41) is 2.87. The summed E-state index contributed by atoms with van der Waals surface area (Å²) < 4.78 is 11.2. The Kier molecular flexibility index (Phi) is 6.67. The van der Waals surface area contributed by atoms with Crippen molar-refractivity contribution in [3.8, 4) is 28.8 Å². The van der Waals surface area contributed by atoms with E-state index in [-0.39, 0.29) is 5.91 Å². The summed E-state index contributed by atoms with van der Waals surface area (Å²) in [6.07, 6.45) is 4.69. The van der Waals surface area contributed by atoms with Crippen molar-refractivity contribution >= 4 is 5.91 Å². The predicted octanol–water partition coefficient (Wildman–Crippen LogP) is 4.66. The highest BCUT2D eigenvalue weighted by Gasteiger charge is 2.09. The first-order valence-electron chi connectivity index (χ1n) is 10.2. The van der Waals surface area contributed by atoms with Gasteiger partial charge in [0.25, 0.3) is 5.91 Å². The standard InChI is InChI=1S/C25H22N4O3/c1-2-31-21-8-10-22(11-9-21)32-23-14-18(12-13-26-23)15-29-25(30)20-16-27-24(28-17-20)19-6-4-3-5-7-19/h3-14,16-17H,2,15H2,1H3,(H,29,30). The molecule has 4 aromatic rings. The molecule has 0 aliphatic carbocycles. The number of hydrogen-bond donors (Lipinski definition) is 1. The molecule has 1 amide bonds. The molecule has 0 aliphatic heterocycles. The fourth-order valence-corrected chi connectivity index (χ4v) is 2.97. The molecule has 0 spiro atoms. The number of carbonyl (C=O) groups excluding carboxylic acids is 1. The summed E-state index contributed by atoms with van der Waals surface area (Å²) in [7, 11) is 0. The zero-order chi connectivity index (χ0) is 22.2. The van der Waals surface area contributed by atoms with Crippen molar-refractivity contribution < 1.29 is 14.3 Å². The highest BCUT2D eigenvalue weighted by atomic mass is 16.5. The van der Waals surface area contributed by atoms with Crippen LogP contribution in [0, 0.1) is 0 Å². The number of carbonyl (C=O) groups is 1. The van der Waals surface area contributed by atoms with Gasteiger partial charge in [-0.05, 0) is 42.8 Å². The first kappa shape index (κ1) is 21.0. The molecule has 160 valence electrons. The zero-order valence-electron chi connectivity index (χ0n) is 17.6. The van der Waals surface area contributed by atoms with Crippen LogP contribution in [0.15, 0.2) is 85.3 Å². The largest absolute Gasteiger partial charge is 0.494 e. The van der Waals surface area contributed by atoms with Gasteiger partial charge in [0.1, 0.15) is 11.5 Å². The average molecular weight is 426 g/mol. The van der Waals surface area contributed by atoms with Gasteiger partial charge in [-0.3, -0.25) is 4.79 Å². The van der Waals surface area contributed by atoms with E-state index in [1.165, 1.54) is 12.4 Å². The summed E-state index contributed by atoms with van der Waals surface area (Å²) >= 11 is 0. The number of ether oxygens (including phenoxy) is 2. The Morgan fingerprint density at radius 1 is 0.906 bits per heavy atom. The van der Waals surface area contributed by atoms with Crippen LogP contribution >= 0.6 is 0 Å². The monoisotopic (exact) mass is 426 g/mol. The van der Waals surface area contributed by atoms with Gasteiger partial charge in [-0.25, -0.2) is 15.0 Å². The van der Waals surface area contributed by atoms with Crippen molar-refractivity contribution in [3.05, 3.63) is 96.4 Å². The minimum Gasteiger partial charge on any atom is -0.494 e. The lowest BCUT2D eigenvalue weighted by Crippen LogP contribution is -2.23. The molecule has 2 aromatic carbocycles. The van der Waals surface area contributed by atoms with Gasteiger partial charge in [-0.15, -0.1) is 0 Å². The van der Waals surface area contributed by atoms with Crippen LogP contribution in [0.2, 0.25) is 0 Å². The second-order valence-electron chi connectivity index (χ2n) is 6.85. The van der Waals surface area contributed by atoms with Gasteiger partial charge in [0.2, 0.25) is 5.88 Å². The van der Waals surface area contributed by atoms with Crippen molar-refractivity contribution in [2.45, 2.75) is 13.5 Å². The zero-order valence-corrected chi connectivity index (χ0v) is 17.6. The molecule has 4 rings (SSSR count). The van der Waals surface area contributed by atoms with Crippen molar-refractivity contribution in [2.24, 2.45) is 0 Å². The number of benzene rings is 2. The minimum absolute atomic E-state index is 0.254. The molecule has 0 atom stereocenters. The Morgan fingerprint density at radius 2 is 1.62 bits per heavy atom. The lowest BCUT2D eigenvalue weighted by molar-refractivity contribution is 0.0950. The summed E-state index contributed by atoms with van der Waals surface area (Å²) in [6, 6.07) is 20.5. The highest BCUT2D eigenvalue weighted by molar-refractivity contribution is 5.93. The quantitative estimate of drug-likeness (QED) is 0.441. The fourth-order valence-electron chi connectivity index (χ4n) is 2.97. The van der Waals surface area contributed by atoms with E-state index in [2.05, 4.69) is 20.3 Å². The molecule has 0 saturated carbocycles. The summed E-state index contributed by atoms with van der Waals surface area (Å²) in [5.74, 6) is 2.20.